The summed E-state index contributed by atoms with van der Waals surface area (Å²) in [6.07, 6.45) is -0.0947. The average Bonchev–Trinajstić information content (AvgIpc) is 2.53. The number of nitriles is 1. The molecule has 4 heteroatoms. The van der Waals surface area contributed by atoms with Gasteiger partial charge in [0.1, 0.15) is 0 Å². The fourth-order valence-corrected chi connectivity index (χ4v) is 2.22. The summed E-state index contributed by atoms with van der Waals surface area (Å²) in [6.45, 7) is 1.87. The summed E-state index contributed by atoms with van der Waals surface area (Å²) in [5, 5.41) is 10.1. The van der Waals surface area contributed by atoms with Crippen LogP contribution in [0.15, 0.2) is 18.2 Å². The van der Waals surface area contributed by atoms with Crippen LogP contribution < -0.4 is 0 Å². The van der Waals surface area contributed by atoms with Crippen molar-refractivity contribution in [2.45, 2.75) is 13.3 Å². The number of ketones is 1. The lowest BCUT2D eigenvalue weighted by Gasteiger charge is -1.98. The van der Waals surface area contributed by atoms with Crippen molar-refractivity contribution in [3.05, 3.63) is 34.5 Å². The molecule has 0 aliphatic carbocycles. The standard InChI is InChI=1S/C13H11ClN2O/c1-8-13(12(17)5-6-15)10-4-3-9(14)7-11(10)16(8)2/h3-4,7H,5H2,1-2H3. The molecule has 0 unspecified atom stereocenters. The van der Waals surface area contributed by atoms with Crippen molar-refractivity contribution in [1.82, 2.24) is 4.57 Å². The van der Waals surface area contributed by atoms with Gasteiger partial charge in [0, 0.05) is 28.7 Å². The zero-order valence-corrected chi connectivity index (χ0v) is 10.4. The Morgan fingerprint density at radius 2 is 2.24 bits per heavy atom. The van der Waals surface area contributed by atoms with E-state index in [4.69, 9.17) is 16.9 Å². The molecule has 1 aromatic carbocycles. The van der Waals surface area contributed by atoms with Gasteiger partial charge in [0.25, 0.3) is 0 Å². The van der Waals surface area contributed by atoms with Crippen LogP contribution in [0.25, 0.3) is 10.9 Å². The fraction of sp³-hybridized carbons (Fsp3) is 0.231. The van der Waals surface area contributed by atoms with Gasteiger partial charge in [-0.05, 0) is 19.1 Å². The molecule has 3 nitrogen and oxygen atoms in total. The van der Waals surface area contributed by atoms with Crippen molar-refractivity contribution in [2.24, 2.45) is 7.05 Å². The van der Waals surface area contributed by atoms with Crippen LogP contribution in [0.5, 0.6) is 0 Å². The first-order chi connectivity index (χ1) is 8.06. The largest absolute Gasteiger partial charge is 0.347 e. The van der Waals surface area contributed by atoms with Gasteiger partial charge >= 0.3 is 0 Å². The quantitative estimate of drug-likeness (QED) is 0.764. The van der Waals surface area contributed by atoms with Gasteiger partial charge in [0.15, 0.2) is 5.78 Å². The summed E-state index contributed by atoms with van der Waals surface area (Å²) in [5.74, 6) is -0.141. The maximum atomic E-state index is 11.9. The van der Waals surface area contributed by atoms with Crippen LogP contribution in [0, 0.1) is 18.3 Å². The van der Waals surface area contributed by atoms with E-state index in [9.17, 15) is 4.79 Å². The summed E-state index contributed by atoms with van der Waals surface area (Å²) >= 11 is 5.94. The zero-order chi connectivity index (χ0) is 12.6. The Labute approximate surface area is 104 Å². The molecule has 0 saturated heterocycles. The lowest BCUT2D eigenvalue weighted by Crippen LogP contribution is -2.00. The van der Waals surface area contributed by atoms with Crippen molar-refractivity contribution in [3.63, 3.8) is 0 Å². The van der Waals surface area contributed by atoms with E-state index < -0.39 is 0 Å². The van der Waals surface area contributed by atoms with Crippen molar-refractivity contribution >= 4 is 28.3 Å². The maximum Gasteiger partial charge on any atom is 0.179 e. The van der Waals surface area contributed by atoms with Gasteiger partial charge in [0.2, 0.25) is 0 Å². The minimum Gasteiger partial charge on any atom is -0.347 e. The highest BCUT2D eigenvalue weighted by molar-refractivity contribution is 6.31. The van der Waals surface area contributed by atoms with E-state index in [1.807, 2.05) is 36.7 Å². The SMILES string of the molecule is Cc1c(C(=O)CC#N)c2ccc(Cl)cc2n1C. The number of aromatic nitrogens is 1. The third-order valence-corrected chi connectivity index (χ3v) is 3.21. The summed E-state index contributed by atoms with van der Waals surface area (Å²) in [5.41, 5.74) is 2.40. The van der Waals surface area contributed by atoms with Crippen LogP contribution in [-0.2, 0) is 7.05 Å². The highest BCUT2D eigenvalue weighted by Crippen LogP contribution is 2.28. The molecule has 0 aliphatic rings. The van der Waals surface area contributed by atoms with E-state index in [1.54, 1.807) is 6.07 Å². The molecule has 0 spiro atoms. The summed E-state index contributed by atoms with van der Waals surface area (Å²) in [4.78, 5) is 11.9. The molecule has 0 radical (unpaired) electrons. The second kappa shape index (κ2) is 4.23. The van der Waals surface area contributed by atoms with Gasteiger partial charge in [-0.2, -0.15) is 5.26 Å². The molecule has 0 fully saturated rings. The van der Waals surface area contributed by atoms with Gasteiger partial charge in [-0.15, -0.1) is 0 Å². The molecule has 1 aromatic heterocycles. The molecule has 2 rings (SSSR count). The van der Waals surface area contributed by atoms with Gasteiger partial charge in [0.05, 0.1) is 18.0 Å². The molecular weight excluding hydrogens is 236 g/mol. The number of halogens is 1. The minimum atomic E-state index is -0.141. The number of carbonyl (C=O) groups excluding carboxylic acids is 1. The van der Waals surface area contributed by atoms with Gasteiger partial charge < -0.3 is 4.57 Å². The molecule has 0 atom stereocenters. The summed E-state index contributed by atoms with van der Waals surface area (Å²) in [6, 6.07) is 7.31. The Morgan fingerprint density at radius 3 is 2.88 bits per heavy atom. The molecule has 0 amide bonds. The molecule has 0 aliphatic heterocycles. The first-order valence-corrected chi connectivity index (χ1v) is 5.58. The molecule has 2 aromatic rings. The van der Waals surface area contributed by atoms with Crippen LogP contribution in [0.2, 0.25) is 5.02 Å². The third-order valence-electron chi connectivity index (χ3n) is 2.97. The van der Waals surface area contributed by atoms with Crippen molar-refractivity contribution in [2.75, 3.05) is 0 Å². The summed E-state index contributed by atoms with van der Waals surface area (Å²) < 4.78 is 1.92. The van der Waals surface area contributed by atoms with Gasteiger partial charge in [-0.25, -0.2) is 0 Å². The fourth-order valence-electron chi connectivity index (χ4n) is 2.05. The summed E-state index contributed by atoms with van der Waals surface area (Å²) in [7, 11) is 1.89. The third kappa shape index (κ3) is 1.81. The lowest BCUT2D eigenvalue weighted by atomic mass is 10.1. The first kappa shape index (κ1) is 11.7. The van der Waals surface area contributed by atoms with Crippen LogP contribution in [0.1, 0.15) is 22.5 Å². The molecular formula is C13H11ClN2O. The molecule has 0 N–H and O–H groups in total. The van der Waals surface area contributed by atoms with E-state index in [1.165, 1.54) is 0 Å². The van der Waals surface area contributed by atoms with Crippen molar-refractivity contribution in [3.8, 4) is 6.07 Å². The number of fused-ring (bicyclic) bond motifs is 1. The van der Waals surface area contributed by atoms with E-state index in [2.05, 4.69) is 0 Å². The Bertz CT molecular complexity index is 649. The monoisotopic (exact) mass is 246 g/mol. The molecule has 0 bridgehead atoms. The highest BCUT2D eigenvalue weighted by atomic mass is 35.5. The smallest absolute Gasteiger partial charge is 0.179 e. The topological polar surface area (TPSA) is 45.8 Å². The average molecular weight is 247 g/mol. The van der Waals surface area contributed by atoms with Crippen LogP contribution in [-0.4, -0.2) is 10.4 Å². The number of hydrogen-bond acceptors (Lipinski definition) is 2. The zero-order valence-electron chi connectivity index (χ0n) is 9.62. The van der Waals surface area contributed by atoms with Gasteiger partial charge in [-0.3, -0.25) is 4.79 Å². The molecule has 17 heavy (non-hydrogen) atoms. The van der Waals surface area contributed by atoms with E-state index in [0.29, 0.717) is 10.6 Å². The number of aryl methyl sites for hydroxylation is 1. The van der Waals surface area contributed by atoms with Gasteiger partial charge in [-0.1, -0.05) is 17.7 Å². The molecule has 1 heterocycles. The predicted molar refractivity (Wildman–Crippen MR) is 67.2 cm³/mol. The molecule has 0 saturated carbocycles. The number of nitrogens with zero attached hydrogens (tertiary/aromatic N) is 2. The second-order valence-corrected chi connectivity index (χ2v) is 4.38. The van der Waals surface area contributed by atoms with Crippen molar-refractivity contribution < 1.29 is 4.79 Å². The highest BCUT2D eigenvalue weighted by Gasteiger charge is 2.17. The van der Waals surface area contributed by atoms with E-state index >= 15 is 0 Å². The van der Waals surface area contributed by atoms with Crippen LogP contribution in [0.4, 0.5) is 0 Å². The Hall–Kier alpha value is -1.79. The normalized spacial score (nSPS) is 10.5. The van der Waals surface area contributed by atoms with Crippen molar-refractivity contribution in [1.29, 1.82) is 5.26 Å². The second-order valence-electron chi connectivity index (χ2n) is 3.94. The lowest BCUT2D eigenvalue weighted by molar-refractivity contribution is 0.0998. The number of rotatable bonds is 2. The van der Waals surface area contributed by atoms with E-state index in [0.717, 1.165) is 16.6 Å². The van der Waals surface area contributed by atoms with E-state index in [-0.39, 0.29) is 12.2 Å². The van der Waals surface area contributed by atoms with Crippen LogP contribution in [0.3, 0.4) is 0 Å². The predicted octanol–water partition coefficient (Wildman–Crippen LogP) is 3.24. The maximum absolute atomic E-state index is 11.9. The number of benzene rings is 1. The minimum absolute atomic E-state index is 0.0947. The number of Topliss-reactive ketones (excluding diaryl/α,β-unsaturated/α-hetero) is 1. The number of carbonyl (C=O) groups is 1. The number of hydrogen-bond donors (Lipinski definition) is 0. The Morgan fingerprint density at radius 1 is 1.53 bits per heavy atom. The first-order valence-electron chi connectivity index (χ1n) is 5.21. The molecule has 86 valence electrons. The Balaban J connectivity index is 2.76. The Kier molecular flexibility index (Phi) is 2.91. The van der Waals surface area contributed by atoms with Crippen LogP contribution >= 0.6 is 11.6 Å².